The van der Waals surface area contributed by atoms with Gasteiger partial charge in [-0.25, -0.2) is 0 Å². The number of hydrogen-bond acceptors (Lipinski definition) is 4. The summed E-state index contributed by atoms with van der Waals surface area (Å²) < 4.78 is 6.81. The van der Waals surface area contributed by atoms with E-state index in [2.05, 4.69) is 5.32 Å². The van der Waals surface area contributed by atoms with Crippen molar-refractivity contribution in [2.75, 3.05) is 0 Å². The first-order valence-corrected chi connectivity index (χ1v) is 8.00. The third-order valence-electron chi connectivity index (χ3n) is 3.81. The van der Waals surface area contributed by atoms with Crippen molar-refractivity contribution in [2.24, 2.45) is 7.05 Å². The van der Waals surface area contributed by atoms with Crippen molar-refractivity contribution < 1.29 is 19.1 Å². The zero-order valence-corrected chi connectivity index (χ0v) is 14.8. The Hall–Kier alpha value is -2.89. The molecule has 1 aromatic heterocycles. The zero-order valence-electron chi connectivity index (χ0n) is 14.8. The highest BCUT2D eigenvalue weighted by Crippen LogP contribution is 2.15. The van der Waals surface area contributed by atoms with Crippen LogP contribution in [0.15, 0.2) is 36.4 Å². The molecule has 25 heavy (non-hydrogen) atoms. The number of aryl methyl sites for hydroxylation is 1. The van der Waals surface area contributed by atoms with Crippen LogP contribution in [-0.4, -0.2) is 28.5 Å². The second-order valence-corrected chi connectivity index (χ2v) is 5.97. The van der Waals surface area contributed by atoms with Gasteiger partial charge in [-0.2, -0.15) is 0 Å². The molecule has 1 amide bonds. The minimum absolute atomic E-state index is 0.0155. The summed E-state index contributed by atoms with van der Waals surface area (Å²) in [5.74, 6) is -0.851. The van der Waals surface area contributed by atoms with Gasteiger partial charge in [0.25, 0.3) is 0 Å². The monoisotopic (exact) mass is 342 g/mol. The molecule has 0 spiro atoms. The first kappa shape index (κ1) is 18.4. The number of amides is 1. The lowest BCUT2D eigenvalue weighted by molar-refractivity contribution is -0.150. The molecule has 1 N–H and O–H groups in total. The van der Waals surface area contributed by atoms with Gasteiger partial charge in [0.2, 0.25) is 11.7 Å². The van der Waals surface area contributed by atoms with Gasteiger partial charge in [0.15, 0.2) is 6.23 Å². The maximum absolute atomic E-state index is 12.6. The van der Waals surface area contributed by atoms with Gasteiger partial charge in [-0.3, -0.25) is 14.4 Å². The van der Waals surface area contributed by atoms with Gasteiger partial charge < -0.3 is 14.6 Å². The third kappa shape index (κ3) is 4.79. The van der Waals surface area contributed by atoms with Gasteiger partial charge >= 0.3 is 5.97 Å². The highest BCUT2D eigenvalue weighted by molar-refractivity contribution is 6.08. The van der Waals surface area contributed by atoms with Gasteiger partial charge in [0.05, 0.1) is 12.1 Å². The van der Waals surface area contributed by atoms with E-state index in [1.807, 2.05) is 19.1 Å². The lowest BCUT2D eigenvalue weighted by Gasteiger charge is -2.14. The molecule has 1 heterocycles. The Morgan fingerprint density at radius 2 is 1.76 bits per heavy atom. The van der Waals surface area contributed by atoms with Crippen molar-refractivity contribution in [2.45, 2.75) is 33.4 Å². The Balaban J connectivity index is 2.07. The molecule has 1 atom stereocenters. The number of aromatic nitrogens is 1. The van der Waals surface area contributed by atoms with E-state index in [-0.39, 0.29) is 18.1 Å². The predicted molar refractivity (Wildman–Crippen MR) is 93.1 cm³/mol. The number of nitrogens with one attached hydrogen (secondary N) is 1. The molecule has 132 valence electrons. The standard InChI is InChI=1S/C19H22N2O4/c1-12-5-7-15(8-6-12)19(24)17-10-9-16(21(17)4)11-18(23)25-14(3)20-13(2)22/h5-10,14H,11H2,1-4H3,(H,20,22). The van der Waals surface area contributed by atoms with Crippen molar-refractivity contribution in [1.29, 1.82) is 0 Å². The fourth-order valence-corrected chi connectivity index (χ4v) is 2.51. The molecular weight excluding hydrogens is 320 g/mol. The second kappa shape index (κ2) is 7.79. The minimum atomic E-state index is -0.695. The predicted octanol–water partition coefficient (Wildman–Crippen LogP) is 2.13. The summed E-state index contributed by atoms with van der Waals surface area (Å²) in [6.45, 7) is 4.89. The first-order chi connectivity index (χ1) is 11.8. The number of rotatable bonds is 6. The van der Waals surface area contributed by atoms with Crippen LogP contribution in [0.25, 0.3) is 0 Å². The SMILES string of the molecule is CC(=O)NC(C)OC(=O)Cc1ccc(C(=O)c2ccc(C)cc2)n1C. The van der Waals surface area contributed by atoms with Gasteiger partial charge in [-0.1, -0.05) is 29.8 Å². The van der Waals surface area contributed by atoms with E-state index in [1.165, 1.54) is 6.92 Å². The molecule has 1 unspecified atom stereocenters. The molecule has 6 heteroatoms. The van der Waals surface area contributed by atoms with Gasteiger partial charge in [-0.05, 0) is 26.0 Å². The van der Waals surface area contributed by atoms with Crippen LogP contribution >= 0.6 is 0 Å². The average Bonchev–Trinajstić information content (AvgIpc) is 2.87. The second-order valence-electron chi connectivity index (χ2n) is 5.97. The largest absolute Gasteiger partial charge is 0.442 e. The maximum Gasteiger partial charge on any atom is 0.313 e. The van der Waals surface area contributed by atoms with E-state index in [4.69, 9.17) is 4.74 Å². The quantitative estimate of drug-likeness (QED) is 0.496. The van der Waals surface area contributed by atoms with E-state index in [0.29, 0.717) is 17.0 Å². The van der Waals surface area contributed by atoms with Gasteiger partial charge in [-0.15, -0.1) is 0 Å². The van der Waals surface area contributed by atoms with E-state index < -0.39 is 12.2 Å². The van der Waals surface area contributed by atoms with Crippen LogP contribution in [0.4, 0.5) is 0 Å². The molecule has 0 radical (unpaired) electrons. The smallest absolute Gasteiger partial charge is 0.313 e. The number of ether oxygens (including phenoxy) is 1. The van der Waals surface area contributed by atoms with Crippen molar-refractivity contribution >= 4 is 17.7 Å². The lowest BCUT2D eigenvalue weighted by atomic mass is 10.1. The Bertz CT molecular complexity index is 790. The summed E-state index contributed by atoms with van der Waals surface area (Å²) in [4.78, 5) is 35.5. The lowest BCUT2D eigenvalue weighted by Crippen LogP contribution is -2.34. The van der Waals surface area contributed by atoms with Crippen molar-refractivity contribution in [3.8, 4) is 0 Å². The van der Waals surface area contributed by atoms with Crippen LogP contribution < -0.4 is 5.32 Å². The molecule has 1 aromatic carbocycles. The molecule has 0 saturated carbocycles. The Labute approximate surface area is 146 Å². The van der Waals surface area contributed by atoms with Crippen LogP contribution in [0.5, 0.6) is 0 Å². The molecular formula is C19H22N2O4. The van der Waals surface area contributed by atoms with Crippen molar-refractivity contribution in [3.05, 3.63) is 58.9 Å². The van der Waals surface area contributed by atoms with Crippen LogP contribution in [0, 0.1) is 6.92 Å². The van der Waals surface area contributed by atoms with Crippen molar-refractivity contribution in [1.82, 2.24) is 9.88 Å². The number of carbonyl (C=O) groups is 3. The van der Waals surface area contributed by atoms with E-state index in [0.717, 1.165) is 5.56 Å². The molecule has 0 aliphatic carbocycles. The maximum atomic E-state index is 12.6. The van der Waals surface area contributed by atoms with Crippen LogP contribution in [0.2, 0.25) is 0 Å². The Morgan fingerprint density at radius 1 is 1.12 bits per heavy atom. The van der Waals surface area contributed by atoms with E-state index >= 15 is 0 Å². The van der Waals surface area contributed by atoms with Gasteiger partial charge in [0.1, 0.15) is 0 Å². The number of esters is 1. The Kier molecular flexibility index (Phi) is 5.75. The highest BCUT2D eigenvalue weighted by Gasteiger charge is 2.17. The van der Waals surface area contributed by atoms with Crippen molar-refractivity contribution in [3.63, 3.8) is 0 Å². The molecule has 0 aliphatic heterocycles. The molecule has 0 bridgehead atoms. The highest BCUT2D eigenvalue weighted by atomic mass is 16.6. The number of nitrogens with zero attached hydrogens (tertiary/aromatic N) is 1. The summed E-state index contributed by atoms with van der Waals surface area (Å²) in [5, 5.41) is 2.48. The van der Waals surface area contributed by atoms with E-state index in [1.54, 1.807) is 42.8 Å². The summed E-state index contributed by atoms with van der Waals surface area (Å²) >= 11 is 0. The fraction of sp³-hybridized carbons (Fsp3) is 0.316. The van der Waals surface area contributed by atoms with E-state index in [9.17, 15) is 14.4 Å². The molecule has 0 saturated heterocycles. The fourth-order valence-electron chi connectivity index (χ4n) is 2.51. The van der Waals surface area contributed by atoms with Crippen LogP contribution in [0.3, 0.4) is 0 Å². The normalized spacial score (nSPS) is 11.7. The summed E-state index contributed by atoms with van der Waals surface area (Å²) in [6, 6.07) is 10.8. The summed E-state index contributed by atoms with van der Waals surface area (Å²) in [5.41, 5.74) is 2.84. The minimum Gasteiger partial charge on any atom is -0.442 e. The van der Waals surface area contributed by atoms with Crippen LogP contribution in [-0.2, 0) is 27.8 Å². The number of ketones is 1. The summed E-state index contributed by atoms with van der Waals surface area (Å²) in [6.07, 6.45) is -0.680. The molecule has 6 nitrogen and oxygen atoms in total. The molecule has 2 rings (SSSR count). The molecule has 2 aromatic rings. The topological polar surface area (TPSA) is 77.4 Å². The molecule has 0 aliphatic rings. The van der Waals surface area contributed by atoms with Gasteiger partial charge in [0, 0.05) is 25.2 Å². The number of benzene rings is 1. The van der Waals surface area contributed by atoms with Crippen LogP contribution in [0.1, 0.15) is 41.2 Å². The third-order valence-corrected chi connectivity index (χ3v) is 3.81. The summed E-state index contributed by atoms with van der Waals surface area (Å²) in [7, 11) is 1.74. The number of hydrogen-bond donors (Lipinski definition) is 1. The number of carbonyl (C=O) groups excluding carboxylic acids is 3. The first-order valence-electron chi connectivity index (χ1n) is 8.00. The molecule has 0 fully saturated rings. The Morgan fingerprint density at radius 3 is 2.36 bits per heavy atom. The average molecular weight is 342 g/mol. The zero-order chi connectivity index (χ0) is 18.6.